The number of likely N-dealkylation sites (N-methyl/N-ethyl adjacent to an activating group) is 2. The minimum Gasteiger partial charge on any atom is -0.384 e. The summed E-state index contributed by atoms with van der Waals surface area (Å²) in [5, 5.41) is 11.1. The van der Waals surface area contributed by atoms with Crippen molar-refractivity contribution in [2.24, 2.45) is 0 Å². The Kier molecular flexibility index (Phi) is 6.00. The summed E-state index contributed by atoms with van der Waals surface area (Å²) in [6.45, 7) is 0.299. The van der Waals surface area contributed by atoms with Gasteiger partial charge in [0.25, 0.3) is 0 Å². The van der Waals surface area contributed by atoms with Crippen LogP contribution in [0.2, 0.25) is 0 Å². The number of hydrogen-bond acceptors (Lipinski definition) is 3. The lowest BCUT2D eigenvalue weighted by Crippen LogP contribution is -2.32. The smallest absolute Gasteiger partial charge is 0.233 e. The third-order valence-corrected chi connectivity index (χ3v) is 2.50. The van der Waals surface area contributed by atoms with Crippen molar-refractivity contribution in [3.63, 3.8) is 0 Å². The molecule has 2 N–H and O–H groups in total. The number of aliphatic hydroxyl groups excluding tert-OH is 1. The van der Waals surface area contributed by atoms with Crippen molar-refractivity contribution in [2.45, 2.75) is 6.54 Å². The second-order valence-electron chi connectivity index (χ2n) is 4.11. The monoisotopic (exact) mass is 264 g/mol. The van der Waals surface area contributed by atoms with Crippen LogP contribution in [0.3, 0.4) is 0 Å². The van der Waals surface area contributed by atoms with E-state index in [1.807, 2.05) is 0 Å². The van der Waals surface area contributed by atoms with Crippen molar-refractivity contribution < 1.29 is 14.3 Å². The Hall–Kier alpha value is -1.90. The van der Waals surface area contributed by atoms with Crippen molar-refractivity contribution in [1.82, 2.24) is 10.2 Å². The molecule has 0 aliphatic carbocycles. The van der Waals surface area contributed by atoms with Crippen LogP contribution >= 0.6 is 0 Å². The Morgan fingerprint density at radius 2 is 2.26 bits per heavy atom. The highest BCUT2D eigenvalue weighted by atomic mass is 19.1. The average Bonchev–Trinajstić information content (AvgIpc) is 2.39. The molecule has 0 saturated heterocycles. The van der Waals surface area contributed by atoms with Gasteiger partial charge in [-0.25, -0.2) is 4.39 Å². The number of nitrogens with one attached hydrogen (secondary N) is 1. The molecule has 0 aromatic heterocycles. The number of benzene rings is 1. The van der Waals surface area contributed by atoms with Crippen LogP contribution in [-0.4, -0.2) is 43.2 Å². The molecule has 0 saturated carbocycles. The number of amides is 1. The van der Waals surface area contributed by atoms with Crippen LogP contribution in [0.25, 0.3) is 0 Å². The molecule has 0 fully saturated rings. The van der Waals surface area contributed by atoms with Crippen LogP contribution in [0.1, 0.15) is 11.1 Å². The zero-order valence-corrected chi connectivity index (χ0v) is 11.0. The lowest BCUT2D eigenvalue weighted by atomic mass is 10.1. The second-order valence-corrected chi connectivity index (χ2v) is 4.11. The molecule has 0 bridgehead atoms. The summed E-state index contributed by atoms with van der Waals surface area (Å²) < 4.78 is 13.8. The van der Waals surface area contributed by atoms with Gasteiger partial charge in [-0.2, -0.15) is 0 Å². The summed E-state index contributed by atoms with van der Waals surface area (Å²) in [4.78, 5) is 12.9. The van der Waals surface area contributed by atoms with E-state index in [1.54, 1.807) is 31.1 Å². The molecule has 0 heterocycles. The zero-order chi connectivity index (χ0) is 14.3. The summed E-state index contributed by atoms with van der Waals surface area (Å²) in [5.74, 6) is 4.62. The normalized spacial score (nSPS) is 9.95. The van der Waals surface area contributed by atoms with Gasteiger partial charge in [-0.1, -0.05) is 17.9 Å². The molecule has 1 aromatic rings. The van der Waals surface area contributed by atoms with Crippen molar-refractivity contribution in [3.05, 3.63) is 35.1 Å². The van der Waals surface area contributed by atoms with E-state index in [1.165, 1.54) is 6.07 Å². The number of rotatable bonds is 4. The Balaban J connectivity index is 2.72. The Labute approximate surface area is 112 Å². The molecule has 1 amide bonds. The largest absolute Gasteiger partial charge is 0.384 e. The van der Waals surface area contributed by atoms with Crippen molar-refractivity contribution in [1.29, 1.82) is 0 Å². The van der Waals surface area contributed by atoms with Gasteiger partial charge in [0, 0.05) is 24.7 Å². The molecule has 5 heteroatoms. The lowest BCUT2D eigenvalue weighted by Gasteiger charge is -2.16. The standard InChI is InChI=1S/C14H17FN2O2/c1-16-14(19)10-17(2)9-12-6-5-11(4-3-7-18)8-13(12)15/h5-6,8,18H,7,9-10H2,1-2H3,(H,16,19). The molecule has 0 aliphatic rings. The van der Waals surface area contributed by atoms with E-state index in [0.717, 1.165) is 0 Å². The van der Waals surface area contributed by atoms with Gasteiger partial charge in [0.1, 0.15) is 12.4 Å². The zero-order valence-electron chi connectivity index (χ0n) is 11.0. The number of carbonyl (C=O) groups is 1. The van der Waals surface area contributed by atoms with E-state index < -0.39 is 0 Å². The van der Waals surface area contributed by atoms with Gasteiger partial charge < -0.3 is 10.4 Å². The molecule has 0 radical (unpaired) electrons. The summed E-state index contributed by atoms with van der Waals surface area (Å²) in [6, 6.07) is 4.65. The number of halogens is 1. The third kappa shape index (κ3) is 5.08. The van der Waals surface area contributed by atoms with E-state index in [4.69, 9.17) is 5.11 Å². The fourth-order valence-electron chi connectivity index (χ4n) is 1.57. The predicted octanol–water partition coefficient (Wildman–Crippen LogP) is 0.347. The minimum absolute atomic E-state index is 0.117. The van der Waals surface area contributed by atoms with E-state index in [-0.39, 0.29) is 24.9 Å². The first-order valence-corrected chi connectivity index (χ1v) is 5.84. The molecule has 4 nitrogen and oxygen atoms in total. The predicted molar refractivity (Wildman–Crippen MR) is 70.8 cm³/mol. The van der Waals surface area contributed by atoms with Gasteiger partial charge in [0.2, 0.25) is 5.91 Å². The maximum absolute atomic E-state index is 13.8. The quantitative estimate of drug-likeness (QED) is 0.771. The Bertz CT molecular complexity index is 506. The van der Waals surface area contributed by atoms with Gasteiger partial charge in [0.05, 0.1) is 6.54 Å². The van der Waals surface area contributed by atoms with Crippen LogP contribution in [0.5, 0.6) is 0 Å². The molecule has 0 aliphatic heterocycles. The van der Waals surface area contributed by atoms with Crippen molar-refractivity contribution >= 4 is 5.91 Å². The number of hydrogen-bond donors (Lipinski definition) is 2. The fourth-order valence-corrected chi connectivity index (χ4v) is 1.57. The topological polar surface area (TPSA) is 52.6 Å². The second kappa shape index (κ2) is 7.52. The van der Waals surface area contributed by atoms with Crippen LogP contribution in [0, 0.1) is 17.7 Å². The molecule has 0 spiro atoms. The molecule has 19 heavy (non-hydrogen) atoms. The molecule has 1 rings (SSSR count). The number of carbonyl (C=O) groups excluding carboxylic acids is 1. The summed E-state index contributed by atoms with van der Waals surface area (Å²) in [7, 11) is 3.31. The minimum atomic E-state index is -0.367. The third-order valence-electron chi connectivity index (χ3n) is 2.50. The number of nitrogens with zero attached hydrogens (tertiary/aromatic N) is 1. The summed E-state index contributed by atoms with van der Waals surface area (Å²) >= 11 is 0. The summed E-state index contributed by atoms with van der Waals surface area (Å²) in [5.41, 5.74) is 1.02. The van der Waals surface area contributed by atoms with Gasteiger partial charge in [-0.15, -0.1) is 0 Å². The molecular weight excluding hydrogens is 247 g/mol. The van der Waals surface area contributed by atoms with E-state index in [2.05, 4.69) is 17.2 Å². The van der Waals surface area contributed by atoms with Gasteiger partial charge in [0.15, 0.2) is 0 Å². The van der Waals surface area contributed by atoms with Gasteiger partial charge >= 0.3 is 0 Å². The van der Waals surface area contributed by atoms with Crippen LogP contribution in [-0.2, 0) is 11.3 Å². The fraction of sp³-hybridized carbons (Fsp3) is 0.357. The first-order chi connectivity index (χ1) is 9.06. The highest BCUT2D eigenvalue weighted by molar-refractivity contribution is 5.77. The van der Waals surface area contributed by atoms with E-state index in [0.29, 0.717) is 17.7 Å². The van der Waals surface area contributed by atoms with E-state index in [9.17, 15) is 9.18 Å². The first kappa shape index (κ1) is 15.2. The molecular formula is C14H17FN2O2. The van der Waals surface area contributed by atoms with Crippen LogP contribution < -0.4 is 5.32 Å². The summed E-state index contributed by atoms with van der Waals surface area (Å²) in [6.07, 6.45) is 0. The molecule has 0 atom stereocenters. The maximum Gasteiger partial charge on any atom is 0.233 e. The number of aliphatic hydroxyl groups is 1. The molecule has 1 aromatic carbocycles. The van der Waals surface area contributed by atoms with Gasteiger partial charge in [-0.3, -0.25) is 9.69 Å². The SMILES string of the molecule is CNC(=O)CN(C)Cc1ccc(C#CCO)cc1F. The highest BCUT2D eigenvalue weighted by Gasteiger charge is 2.09. The average molecular weight is 264 g/mol. The lowest BCUT2D eigenvalue weighted by molar-refractivity contribution is -0.121. The first-order valence-electron chi connectivity index (χ1n) is 5.84. The maximum atomic E-state index is 13.8. The molecule has 0 unspecified atom stereocenters. The Morgan fingerprint density at radius 3 is 2.84 bits per heavy atom. The molecule has 102 valence electrons. The van der Waals surface area contributed by atoms with Gasteiger partial charge in [-0.05, 0) is 19.2 Å². The van der Waals surface area contributed by atoms with Crippen LogP contribution in [0.4, 0.5) is 4.39 Å². The Morgan fingerprint density at radius 1 is 1.53 bits per heavy atom. The van der Waals surface area contributed by atoms with Crippen molar-refractivity contribution in [3.8, 4) is 11.8 Å². The highest BCUT2D eigenvalue weighted by Crippen LogP contribution is 2.11. The van der Waals surface area contributed by atoms with Crippen molar-refractivity contribution in [2.75, 3.05) is 27.2 Å². The van der Waals surface area contributed by atoms with Crippen LogP contribution in [0.15, 0.2) is 18.2 Å². The van der Waals surface area contributed by atoms with E-state index >= 15 is 0 Å².